The average Bonchev–Trinajstić information content (AvgIpc) is 2.51. The molecule has 4 nitrogen and oxygen atoms in total. The Hall–Kier alpha value is -1.78. The first-order valence-electron chi connectivity index (χ1n) is 6.19. The first-order chi connectivity index (χ1) is 9.97. The Morgan fingerprint density at radius 3 is 2.62 bits per heavy atom. The van der Waals surface area contributed by atoms with Crippen LogP contribution < -0.4 is 5.32 Å². The molecule has 0 radical (unpaired) electrons. The van der Waals surface area contributed by atoms with E-state index in [2.05, 4.69) is 10.3 Å². The fourth-order valence-electron chi connectivity index (χ4n) is 1.97. The zero-order valence-electron chi connectivity index (χ0n) is 11.6. The summed E-state index contributed by atoms with van der Waals surface area (Å²) in [6.07, 6.45) is 3.25. The van der Waals surface area contributed by atoms with Gasteiger partial charge in [-0.3, -0.25) is 4.98 Å². The molecule has 2 aromatic rings. The van der Waals surface area contributed by atoms with E-state index in [0.717, 1.165) is 0 Å². The van der Waals surface area contributed by atoms with Crippen LogP contribution >= 0.6 is 23.2 Å². The van der Waals surface area contributed by atoms with Crippen LogP contribution in [0.15, 0.2) is 42.7 Å². The second-order valence-electron chi connectivity index (χ2n) is 4.61. The molecule has 0 amide bonds. The van der Waals surface area contributed by atoms with Crippen LogP contribution in [0.1, 0.15) is 12.5 Å². The number of nitrogens with one attached hydrogen (secondary N) is 1. The van der Waals surface area contributed by atoms with Crippen molar-refractivity contribution in [3.05, 3.63) is 58.3 Å². The number of esters is 1. The van der Waals surface area contributed by atoms with Crippen molar-refractivity contribution >= 4 is 34.9 Å². The highest BCUT2D eigenvalue weighted by atomic mass is 35.5. The smallest absolute Gasteiger partial charge is 0.335 e. The topological polar surface area (TPSA) is 51.2 Å². The fraction of sp³-hybridized carbons (Fsp3) is 0.200. The molecule has 1 aromatic carbocycles. The van der Waals surface area contributed by atoms with E-state index in [4.69, 9.17) is 27.9 Å². The normalized spacial score (nSPS) is 13.3. The zero-order valence-corrected chi connectivity index (χ0v) is 13.1. The van der Waals surface area contributed by atoms with Crippen LogP contribution in [0.5, 0.6) is 0 Å². The van der Waals surface area contributed by atoms with Crippen molar-refractivity contribution in [1.29, 1.82) is 0 Å². The summed E-state index contributed by atoms with van der Waals surface area (Å²) in [4.78, 5) is 16.3. The largest absolute Gasteiger partial charge is 0.467 e. The molecule has 21 heavy (non-hydrogen) atoms. The summed E-state index contributed by atoms with van der Waals surface area (Å²) in [5.41, 5.74) is 0.254. The number of carbonyl (C=O) groups is 1. The number of rotatable bonds is 4. The van der Waals surface area contributed by atoms with Crippen molar-refractivity contribution < 1.29 is 9.53 Å². The average molecular weight is 325 g/mol. The summed E-state index contributed by atoms with van der Waals surface area (Å²) >= 11 is 11.9. The van der Waals surface area contributed by atoms with Gasteiger partial charge in [-0.2, -0.15) is 0 Å². The third kappa shape index (κ3) is 3.28. The van der Waals surface area contributed by atoms with Crippen LogP contribution in [-0.4, -0.2) is 18.1 Å². The molecule has 1 atom stereocenters. The maximum atomic E-state index is 12.2. The molecule has 0 spiro atoms. The Labute approximate surface area is 133 Å². The Bertz CT molecular complexity index is 649. The van der Waals surface area contributed by atoms with Gasteiger partial charge in [0.2, 0.25) is 0 Å². The van der Waals surface area contributed by atoms with E-state index < -0.39 is 11.5 Å². The summed E-state index contributed by atoms with van der Waals surface area (Å²) in [5, 5.41) is 3.98. The lowest BCUT2D eigenvalue weighted by molar-refractivity contribution is -0.145. The van der Waals surface area contributed by atoms with E-state index in [1.54, 1.807) is 49.6 Å². The predicted molar refractivity (Wildman–Crippen MR) is 83.7 cm³/mol. The third-order valence-corrected chi connectivity index (χ3v) is 3.89. The van der Waals surface area contributed by atoms with Gasteiger partial charge in [0.05, 0.1) is 17.2 Å². The lowest BCUT2D eigenvalue weighted by Gasteiger charge is -2.29. The molecule has 0 bridgehead atoms. The van der Waals surface area contributed by atoms with Gasteiger partial charge in [-0.25, -0.2) is 4.79 Å². The van der Waals surface area contributed by atoms with Gasteiger partial charge in [0.15, 0.2) is 5.54 Å². The van der Waals surface area contributed by atoms with Crippen molar-refractivity contribution in [3.8, 4) is 0 Å². The van der Waals surface area contributed by atoms with Crippen LogP contribution in [0.2, 0.25) is 10.0 Å². The number of carbonyl (C=O) groups excluding carboxylic acids is 1. The van der Waals surface area contributed by atoms with E-state index in [1.807, 2.05) is 0 Å². The van der Waals surface area contributed by atoms with Crippen LogP contribution in [-0.2, 0) is 15.1 Å². The van der Waals surface area contributed by atoms with E-state index in [9.17, 15) is 4.79 Å². The lowest BCUT2D eigenvalue weighted by atomic mass is 9.93. The van der Waals surface area contributed by atoms with Crippen molar-refractivity contribution in [1.82, 2.24) is 4.98 Å². The van der Waals surface area contributed by atoms with Crippen molar-refractivity contribution in [2.75, 3.05) is 12.4 Å². The minimum absolute atomic E-state index is 0.403. The zero-order chi connectivity index (χ0) is 15.5. The number of anilines is 1. The molecule has 0 aliphatic carbocycles. The minimum Gasteiger partial charge on any atom is -0.467 e. The molecule has 2 rings (SSSR count). The van der Waals surface area contributed by atoms with Crippen LogP contribution in [0.25, 0.3) is 0 Å². The van der Waals surface area contributed by atoms with Gasteiger partial charge in [0, 0.05) is 23.6 Å². The molecule has 0 saturated carbocycles. The molecular weight excluding hydrogens is 311 g/mol. The van der Waals surface area contributed by atoms with Crippen LogP contribution in [0, 0.1) is 0 Å². The molecule has 110 valence electrons. The van der Waals surface area contributed by atoms with E-state index in [0.29, 0.717) is 21.3 Å². The second kappa shape index (κ2) is 6.33. The van der Waals surface area contributed by atoms with Crippen molar-refractivity contribution in [2.45, 2.75) is 12.5 Å². The highest BCUT2D eigenvalue weighted by Crippen LogP contribution is 2.30. The summed E-state index contributed by atoms with van der Waals surface area (Å²) in [7, 11) is 1.34. The molecule has 0 saturated heterocycles. The highest BCUT2D eigenvalue weighted by molar-refractivity contribution is 6.42. The van der Waals surface area contributed by atoms with E-state index in [1.165, 1.54) is 7.11 Å². The Morgan fingerprint density at radius 2 is 2.05 bits per heavy atom. The number of hydrogen-bond acceptors (Lipinski definition) is 4. The van der Waals surface area contributed by atoms with Gasteiger partial charge >= 0.3 is 5.97 Å². The Morgan fingerprint density at radius 1 is 1.29 bits per heavy atom. The molecule has 0 fully saturated rings. The Balaban J connectivity index is 2.41. The summed E-state index contributed by atoms with van der Waals surface area (Å²) in [6.45, 7) is 1.72. The number of aromatic nitrogens is 1. The van der Waals surface area contributed by atoms with E-state index in [-0.39, 0.29) is 0 Å². The van der Waals surface area contributed by atoms with Crippen molar-refractivity contribution in [2.24, 2.45) is 0 Å². The number of nitrogens with zero attached hydrogens (tertiary/aromatic N) is 1. The molecule has 0 aliphatic rings. The van der Waals surface area contributed by atoms with E-state index >= 15 is 0 Å². The number of benzene rings is 1. The predicted octanol–water partition coefficient (Wildman–Crippen LogP) is 3.89. The quantitative estimate of drug-likeness (QED) is 0.867. The SMILES string of the molecule is COC(=O)C(C)(Nc1ccc(Cl)c(Cl)c1)c1cccnc1. The monoisotopic (exact) mass is 324 g/mol. The first kappa shape index (κ1) is 15.6. The first-order valence-corrected chi connectivity index (χ1v) is 6.95. The van der Waals surface area contributed by atoms with Crippen LogP contribution in [0.3, 0.4) is 0 Å². The van der Waals surface area contributed by atoms with Gasteiger partial charge in [0.1, 0.15) is 0 Å². The summed E-state index contributed by atoms with van der Waals surface area (Å²) in [6, 6.07) is 8.61. The number of pyridine rings is 1. The number of methoxy groups -OCH3 is 1. The van der Waals surface area contributed by atoms with Gasteiger partial charge in [-0.05, 0) is 31.2 Å². The summed E-state index contributed by atoms with van der Waals surface area (Å²) < 4.78 is 4.91. The fourth-order valence-corrected chi connectivity index (χ4v) is 2.26. The highest BCUT2D eigenvalue weighted by Gasteiger charge is 2.36. The Kier molecular flexibility index (Phi) is 4.70. The van der Waals surface area contributed by atoms with Gasteiger partial charge in [-0.1, -0.05) is 29.3 Å². The molecule has 6 heteroatoms. The minimum atomic E-state index is -1.08. The third-order valence-electron chi connectivity index (χ3n) is 3.15. The standard InChI is InChI=1S/C15H14Cl2N2O2/c1-15(14(20)21-2,10-4-3-7-18-9-10)19-11-5-6-12(16)13(17)8-11/h3-9,19H,1-2H3. The molecule has 0 aliphatic heterocycles. The summed E-state index contributed by atoms with van der Waals surface area (Å²) in [5.74, 6) is -0.429. The maximum Gasteiger partial charge on any atom is 0.335 e. The molecule has 1 N–H and O–H groups in total. The molecule has 1 aromatic heterocycles. The van der Waals surface area contributed by atoms with Gasteiger partial charge in [-0.15, -0.1) is 0 Å². The molecule has 1 unspecified atom stereocenters. The lowest BCUT2D eigenvalue weighted by Crippen LogP contribution is -2.41. The van der Waals surface area contributed by atoms with Gasteiger partial charge < -0.3 is 10.1 Å². The number of halogens is 2. The molecular formula is C15H14Cl2N2O2. The number of ether oxygens (including phenoxy) is 1. The number of hydrogen-bond donors (Lipinski definition) is 1. The van der Waals surface area contributed by atoms with Crippen LogP contribution in [0.4, 0.5) is 5.69 Å². The second-order valence-corrected chi connectivity index (χ2v) is 5.43. The molecule has 1 heterocycles. The van der Waals surface area contributed by atoms with Crippen molar-refractivity contribution in [3.63, 3.8) is 0 Å². The maximum absolute atomic E-state index is 12.2. The van der Waals surface area contributed by atoms with Gasteiger partial charge in [0.25, 0.3) is 0 Å².